The van der Waals surface area contributed by atoms with Gasteiger partial charge in [0.2, 0.25) is 0 Å². The van der Waals surface area contributed by atoms with Crippen molar-refractivity contribution in [2.75, 3.05) is 7.11 Å². The molecule has 3 N–H and O–H groups in total. The number of carboxylic acid groups (broad SMARTS) is 3. The summed E-state index contributed by atoms with van der Waals surface area (Å²) in [7, 11) is 0.750. The molecule has 0 aromatic heterocycles. The Kier molecular flexibility index (Phi) is 13.1. The van der Waals surface area contributed by atoms with Gasteiger partial charge in [0.15, 0.2) is 0 Å². The summed E-state index contributed by atoms with van der Waals surface area (Å²) in [4.78, 5) is 32.4. The van der Waals surface area contributed by atoms with Crippen molar-refractivity contribution < 1.29 is 56.5 Å². The molecule has 42 heavy (non-hydrogen) atoms. The molecule has 0 heterocycles. The topological polar surface area (TPSA) is 135 Å². The minimum absolute atomic E-state index is 0. The monoisotopic (exact) mass is 595 g/mol. The summed E-state index contributed by atoms with van der Waals surface area (Å²) in [6.45, 7) is 0. The van der Waals surface area contributed by atoms with Crippen molar-refractivity contribution >= 4 is 50.2 Å². The van der Waals surface area contributed by atoms with Crippen LogP contribution in [0.1, 0.15) is 31.1 Å². The zero-order valence-corrected chi connectivity index (χ0v) is 24.2. The summed E-state index contributed by atoms with van der Waals surface area (Å²) in [5.74, 6) is -2.63. The number of fused-ring (bicyclic) bond motifs is 3. The molecular formula is C34H27O7Ti-. The van der Waals surface area contributed by atoms with Gasteiger partial charge in [0.25, 0.3) is 0 Å². The van der Waals surface area contributed by atoms with Crippen LogP contribution in [0.15, 0.2) is 127 Å². The minimum atomic E-state index is -0.878. The number of hydrogen-bond acceptors (Lipinski definition) is 4. The van der Waals surface area contributed by atoms with E-state index in [1.54, 1.807) is 36.4 Å². The van der Waals surface area contributed by atoms with Gasteiger partial charge >= 0.3 is 17.9 Å². The molecule has 6 aromatic rings. The SMILES string of the molecule is C[O-].O=C(O)c1cccc2ccccc12.O=C(O)c1cccc2ccccc12.O=C(O)c1cccc2ccccc12.[Ti]. The predicted molar refractivity (Wildman–Crippen MR) is 159 cm³/mol. The van der Waals surface area contributed by atoms with Crippen LogP contribution in [0, 0.1) is 0 Å². The summed E-state index contributed by atoms with van der Waals surface area (Å²) in [5, 5.41) is 40.1. The molecule has 0 spiro atoms. The molecule has 0 saturated heterocycles. The molecule has 0 aliphatic carbocycles. The third-order valence-corrected chi connectivity index (χ3v) is 6.06. The maximum absolute atomic E-state index is 10.8. The van der Waals surface area contributed by atoms with Crippen molar-refractivity contribution in [1.82, 2.24) is 0 Å². The zero-order chi connectivity index (χ0) is 29.8. The zero-order valence-electron chi connectivity index (χ0n) is 22.6. The molecule has 7 nitrogen and oxygen atoms in total. The molecule has 0 atom stereocenters. The standard InChI is InChI=1S/3C11H8O2.CH3O.Ti/c3*12-11(13)10-7-3-5-8-4-1-2-6-9(8)10;1-2;/h3*1-7H,(H,12,13);1H3;/q;;;-1;. The summed E-state index contributed by atoms with van der Waals surface area (Å²) in [6, 6.07) is 38.2. The minimum Gasteiger partial charge on any atom is -0.857 e. The molecule has 0 amide bonds. The molecule has 0 unspecified atom stereocenters. The second-order valence-corrected chi connectivity index (χ2v) is 8.50. The van der Waals surface area contributed by atoms with Gasteiger partial charge in [-0.25, -0.2) is 14.4 Å². The van der Waals surface area contributed by atoms with Gasteiger partial charge in [0.05, 0.1) is 16.7 Å². The van der Waals surface area contributed by atoms with Crippen LogP contribution < -0.4 is 5.11 Å². The summed E-state index contributed by atoms with van der Waals surface area (Å²) in [5.41, 5.74) is 1.08. The van der Waals surface area contributed by atoms with Gasteiger partial charge in [-0.15, -0.1) is 0 Å². The van der Waals surface area contributed by atoms with Crippen LogP contribution in [0.25, 0.3) is 32.3 Å². The van der Waals surface area contributed by atoms with E-state index in [4.69, 9.17) is 20.4 Å². The van der Waals surface area contributed by atoms with Crippen molar-refractivity contribution in [3.63, 3.8) is 0 Å². The van der Waals surface area contributed by atoms with Gasteiger partial charge in [-0.05, 0) is 50.5 Å². The fourth-order valence-corrected chi connectivity index (χ4v) is 4.24. The Balaban J connectivity index is 0.000000211. The maximum atomic E-state index is 10.8. The average Bonchev–Trinajstić information content (AvgIpc) is 3.01. The number of aromatic carboxylic acids is 3. The van der Waals surface area contributed by atoms with Gasteiger partial charge in [-0.3, -0.25) is 0 Å². The van der Waals surface area contributed by atoms with Crippen LogP contribution in [0.4, 0.5) is 0 Å². The first-order valence-corrected chi connectivity index (χ1v) is 12.4. The predicted octanol–water partition coefficient (Wildman–Crippen LogP) is 6.59. The summed E-state index contributed by atoms with van der Waals surface area (Å²) < 4.78 is 0. The Labute approximate surface area is 257 Å². The number of carbonyl (C=O) groups is 3. The normalized spacial score (nSPS) is 9.57. The Morgan fingerprint density at radius 1 is 0.405 bits per heavy atom. The van der Waals surface area contributed by atoms with Crippen LogP contribution >= 0.6 is 0 Å². The molecule has 0 aliphatic heterocycles. The number of carboxylic acids is 3. The fourth-order valence-electron chi connectivity index (χ4n) is 4.24. The van der Waals surface area contributed by atoms with Crippen molar-refractivity contribution in [1.29, 1.82) is 0 Å². The van der Waals surface area contributed by atoms with Crippen molar-refractivity contribution in [2.24, 2.45) is 0 Å². The maximum Gasteiger partial charge on any atom is 0.336 e. The van der Waals surface area contributed by atoms with E-state index < -0.39 is 17.9 Å². The van der Waals surface area contributed by atoms with E-state index in [-0.39, 0.29) is 21.7 Å². The smallest absolute Gasteiger partial charge is 0.336 e. The van der Waals surface area contributed by atoms with Gasteiger partial charge in [0.1, 0.15) is 0 Å². The molecule has 8 heteroatoms. The molecule has 0 fully saturated rings. The fraction of sp³-hybridized carbons (Fsp3) is 0.0294. The van der Waals surface area contributed by atoms with E-state index >= 15 is 0 Å². The first-order chi connectivity index (χ1) is 19.9. The third kappa shape index (κ3) is 8.35. The molecular weight excluding hydrogens is 568 g/mol. The Morgan fingerprint density at radius 2 is 0.619 bits per heavy atom. The molecule has 0 radical (unpaired) electrons. The molecule has 0 bridgehead atoms. The van der Waals surface area contributed by atoms with Crippen LogP contribution in [0.2, 0.25) is 0 Å². The van der Waals surface area contributed by atoms with Crippen LogP contribution in [0.5, 0.6) is 0 Å². The van der Waals surface area contributed by atoms with Crippen molar-refractivity contribution in [3.8, 4) is 0 Å². The number of benzene rings is 6. The van der Waals surface area contributed by atoms with E-state index in [0.717, 1.165) is 39.4 Å². The van der Waals surface area contributed by atoms with Gasteiger partial charge in [-0.1, -0.05) is 109 Å². The second kappa shape index (κ2) is 16.4. The molecule has 6 aromatic carbocycles. The molecule has 6 rings (SSSR count). The van der Waals surface area contributed by atoms with Gasteiger partial charge < -0.3 is 20.4 Å². The molecule has 210 valence electrons. The van der Waals surface area contributed by atoms with Crippen LogP contribution in [-0.4, -0.2) is 40.3 Å². The summed E-state index contributed by atoms with van der Waals surface area (Å²) in [6.07, 6.45) is 0. The first kappa shape index (κ1) is 33.4. The van der Waals surface area contributed by atoms with Gasteiger partial charge in [-0.2, -0.15) is 7.11 Å². The number of rotatable bonds is 3. The summed E-state index contributed by atoms with van der Waals surface area (Å²) >= 11 is 0. The van der Waals surface area contributed by atoms with Gasteiger partial charge in [0, 0.05) is 21.7 Å². The van der Waals surface area contributed by atoms with Crippen LogP contribution in [-0.2, 0) is 21.7 Å². The Bertz CT molecular complexity index is 1590. The molecule has 0 saturated carbocycles. The first-order valence-electron chi connectivity index (χ1n) is 12.4. The Hall–Kier alpha value is -4.82. The third-order valence-electron chi connectivity index (χ3n) is 6.06. The largest absolute Gasteiger partial charge is 0.857 e. The van der Waals surface area contributed by atoms with Crippen molar-refractivity contribution in [2.45, 2.75) is 0 Å². The quantitative estimate of drug-likeness (QED) is 0.197. The van der Waals surface area contributed by atoms with Crippen LogP contribution in [0.3, 0.4) is 0 Å². The van der Waals surface area contributed by atoms with E-state index in [1.165, 1.54) is 0 Å². The van der Waals surface area contributed by atoms with E-state index in [9.17, 15) is 14.4 Å². The molecule has 0 aliphatic rings. The average molecular weight is 595 g/mol. The Morgan fingerprint density at radius 3 is 0.857 bits per heavy atom. The van der Waals surface area contributed by atoms with Crippen molar-refractivity contribution in [3.05, 3.63) is 144 Å². The van der Waals surface area contributed by atoms with E-state index in [2.05, 4.69) is 0 Å². The second-order valence-electron chi connectivity index (χ2n) is 8.50. The number of hydrogen-bond donors (Lipinski definition) is 3. The van der Waals surface area contributed by atoms with E-state index in [1.807, 2.05) is 91.0 Å². The van der Waals surface area contributed by atoms with E-state index in [0.29, 0.717) is 16.7 Å².